The predicted octanol–water partition coefficient (Wildman–Crippen LogP) is -5.21. The monoisotopic (exact) mass is 509 g/mol. The van der Waals surface area contributed by atoms with Gasteiger partial charge in [0.2, 0.25) is 0 Å². The molecule has 1 aromatic heterocycles. The van der Waals surface area contributed by atoms with Crippen LogP contribution in [0.4, 0.5) is 0 Å². The third-order valence-electron chi connectivity index (χ3n) is 0.813. The van der Waals surface area contributed by atoms with Gasteiger partial charge >= 0.3 is 60.8 Å². The number of phosphoric acid groups is 4. The molecule has 0 aliphatic carbocycles. The van der Waals surface area contributed by atoms with Crippen molar-refractivity contribution in [3.63, 3.8) is 0 Å². The molecular weight excluding hydrogens is 489 g/mol. The summed E-state index contributed by atoms with van der Waals surface area (Å²) >= 11 is 0. The van der Waals surface area contributed by atoms with Crippen LogP contribution in [-0.4, -0.2) is 63.7 Å². The average Bonchev–Trinajstić information content (AvgIpc) is 2.19. The molecule has 28 heavy (non-hydrogen) atoms. The Bertz CT molecular complexity index is 554. The molecule has 0 aliphatic rings. The van der Waals surface area contributed by atoms with Gasteiger partial charge in [-0.1, -0.05) is 6.07 Å². The molecule has 0 unspecified atom stereocenters. The maximum atomic E-state index is 8.88. The molecule has 22 heteroatoms. The van der Waals surface area contributed by atoms with Crippen molar-refractivity contribution >= 4 is 31.3 Å². The van der Waals surface area contributed by atoms with Crippen molar-refractivity contribution in [3.8, 4) is 0 Å². The second kappa shape index (κ2) is 18.4. The van der Waals surface area contributed by atoms with Crippen LogP contribution in [0.2, 0.25) is 0 Å². The molecule has 12 N–H and O–H groups in total. The van der Waals surface area contributed by atoms with Crippen LogP contribution in [0.15, 0.2) is 24.4 Å². The Morgan fingerprint density at radius 2 is 0.857 bits per heavy atom. The largest absolute Gasteiger partial charge is 1.00 e. The summed E-state index contributed by atoms with van der Waals surface area (Å²) < 4.78 is 35.5. The predicted molar refractivity (Wildman–Crippen MR) is 87.1 cm³/mol. The fraction of sp³-hybridized carbons (Fsp3) is 0.167. The van der Waals surface area contributed by atoms with Gasteiger partial charge in [-0.2, -0.15) is 0 Å². The van der Waals surface area contributed by atoms with Crippen LogP contribution in [0.3, 0.4) is 0 Å². The first-order valence-electron chi connectivity index (χ1n) is 5.40. The Morgan fingerprint density at radius 1 is 0.643 bits per heavy atom. The normalized spacial score (nSPS) is 10.6. The van der Waals surface area contributed by atoms with Crippen LogP contribution in [0.1, 0.15) is 7.12 Å². The van der Waals surface area contributed by atoms with Gasteiger partial charge in [0.1, 0.15) is 0 Å². The molecule has 0 bridgehead atoms. The van der Waals surface area contributed by atoms with Gasteiger partial charge in [0.25, 0.3) is 0 Å². The minimum absolute atomic E-state index is 0. The molecule has 0 saturated carbocycles. The first kappa shape index (κ1) is 39.1. The van der Waals surface area contributed by atoms with E-state index < -0.39 is 31.3 Å². The van der Waals surface area contributed by atoms with Gasteiger partial charge in [0.15, 0.2) is 0 Å². The third kappa shape index (κ3) is 236. The molecule has 0 saturated heterocycles. The van der Waals surface area contributed by atoms with E-state index in [9.17, 15) is 0 Å². The molecule has 17 nitrogen and oxygen atoms in total. The fourth-order valence-corrected chi connectivity index (χ4v) is 0.448. The average molecular weight is 509 g/mol. The molecule has 0 amide bonds. The third-order valence-corrected chi connectivity index (χ3v) is 0.813. The van der Waals surface area contributed by atoms with Crippen molar-refractivity contribution < 1.29 is 108 Å². The summed E-state index contributed by atoms with van der Waals surface area (Å²) in [4.78, 5) is 90.2. The Kier molecular flexibility index (Phi) is 25.7. The first-order chi connectivity index (χ1) is 11.4. The molecular formula is C6H20NNaO16P4. The van der Waals surface area contributed by atoms with E-state index in [1.54, 1.807) is 6.20 Å². The summed E-state index contributed by atoms with van der Waals surface area (Å²) in [6.07, 6.45) is 1.79. The van der Waals surface area contributed by atoms with E-state index in [1.165, 1.54) is 0 Å². The maximum Gasteiger partial charge on any atom is 1.00 e. The SMILES string of the molecule is Cc1ccccn1.O=P(O)(O)O.O=P(O)(O)O.O=P(O)(O)O.O=P(O)(O)O.[H-].[Na+]. The quantitative estimate of drug-likeness (QED) is 0.115. The molecule has 0 spiro atoms. The summed E-state index contributed by atoms with van der Waals surface area (Å²) in [7, 11) is -18.6. The molecule has 0 fully saturated rings. The van der Waals surface area contributed by atoms with Gasteiger partial charge in [-0.05, 0) is 19.1 Å². The Morgan fingerprint density at radius 3 is 0.929 bits per heavy atom. The van der Waals surface area contributed by atoms with E-state index in [-0.39, 0.29) is 31.0 Å². The molecule has 0 atom stereocenters. The zero-order chi connectivity index (χ0) is 23.1. The fourth-order valence-electron chi connectivity index (χ4n) is 0.448. The number of rotatable bonds is 0. The first-order valence-corrected chi connectivity index (χ1v) is 11.7. The Hall–Kier alpha value is 0.590. The van der Waals surface area contributed by atoms with Crippen molar-refractivity contribution in [2.45, 2.75) is 6.92 Å². The zero-order valence-electron chi connectivity index (χ0n) is 15.0. The molecule has 166 valence electrons. The van der Waals surface area contributed by atoms with Crippen molar-refractivity contribution in [2.24, 2.45) is 0 Å². The van der Waals surface area contributed by atoms with Crippen molar-refractivity contribution in [1.82, 2.24) is 4.98 Å². The Balaban J connectivity index is -0.0000000566. The standard InChI is InChI=1S/C6H7N.Na.4H3O4P.H/c1-6-4-2-3-5-7-6;;4*1-5(2,3)4;/h2-5H,1H3;;4*(H3,1,2,3,4);/q;+1;;;;;-1. The van der Waals surface area contributed by atoms with Crippen molar-refractivity contribution in [2.75, 3.05) is 0 Å². The summed E-state index contributed by atoms with van der Waals surface area (Å²) in [5.41, 5.74) is 1.07. The number of hydrogen-bond donors (Lipinski definition) is 12. The van der Waals surface area contributed by atoms with Crippen LogP contribution in [-0.2, 0) is 18.3 Å². The van der Waals surface area contributed by atoms with Crippen LogP contribution in [0, 0.1) is 6.92 Å². The van der Waals surface area contributed by atoms with E-state index in [0.717, 1.165) is 5.69 Å². The van der Waals surface area contributed by atoms with Crippen LogP contribution >= 0.6 is 31.3 Å². The second-order valence-corrected chi connectivity index (χ2v) is 7.63. The van der Waals surface area contributed by atoms with E-state index in [1.807, 2.05) is 25.1 Å². The molecule has 1 rings (SSSR count). The molecule has 1 heterocycles. The van der Waals surface area contributed by atoms with Gasteiger partial charge in [0, 0.05) is 11.9 Å². The number of aromatic nitrogens is 1. The second-order valence-electron chi connectivity index (χ2n) is 3.52. The summed E-state index contributed by atoms with van der Waals surface area (Å²) in [5, 5.41) is 0. The van der Waals surface area contributed by atoms with Gasteiger partial charge < -0.3 is 60.1 Å². The van der Waals surface area contributed by atoms with E-state index in [0.29, 0.717) is 0 Å². The van der Waals surface area contributed by atoms with Crippen LogP contribution in [0.25, 0.3) is 0 Å². The number of hydrogen-bond acceptors (Lipinski definition) is 5. The smallest absolute Gasteiger partial charge is 1.00 e. The van der Waals surface area contributed by atoms with Gasteiger partial charge in [-0.3, -0.25) is 4.98 Å². The summed E-state index contributed by atoms with van der Waals surface area (Å²) in [6, 6.07) is 5.86. The molecule has 1 aromatic rings. The molecule has 0 aromatic carbocycles. The van der Waals surface area contributed by atoms with E-state index in [4.69, 9.17) is 77.0 Å². The van der Waals surface area contributed by atoms with Crippen molar-refractivity contribution in [3.05, 3.63) is 30.1 Å². The minimum Gasteiger partial charge on any atom is -1.00 e. The number of aryl methyl sites for hydroxylation is 1. The summed E-state index contributed by atoms with van der Waals surface area (Å²) in [6.45, 7) is 1.97. The number of nitrogens with zero attached hydrogens (tertiary/aromatic N) is 1. The number of pyridine rings is 1. The topological polar surface area (TPSA) is 324 Å². The van der Waals surface area contributed by atoms with Crippen molar-refractivity contribution in [1.29, 1.82) is 0 Å². The molecule has 0 aliphatic heterocycles. The Labute approximate surface area is 181 Å². The molecule has 0 radical (unpaired) electrons. The minimum atomic E-state index is -4.64. The maximum absolute atomic E-state index is 8.88. The zero-order valence-corrected chi connectivity index (χ0v) is 19.6. The van der Waals surface area contributed by atoms with Gasteiger partial charge in [-0.15, -0.1) is 0 Å². The summed E-state index contributed by atoms with van der Waals surface area (Å²) in [5.74, 6) is 0. The van der Waals surface area contributed by atoms with Crippen LogP contribution in [0.5, 0.6) is 0 Å². The van der Waals surface area contributed by atoms with Gasteiger partial charge in [0.05, 0.1) is 0 Å². The van der Waals surface area contributed by atoms with E-state index in [2.05, 4.69) is 4.98 Å². The van der Waals surface area contributed by atoms with Crippen LogP contribution < -0.4 is 29.6 Å². The van der Waals surface area contributed by atoms with E-state index >= 15 is 0 Å². The van der Waals surface area contributed by atoms with Gasteiger partial charge in [-0.25, -0.2) is 18.3 Å².